The van der Waals surface area contributed by atoms with Gasteiger partial charge in [-0.05, 0) is 49.6 Å². The third-order valence-corrected chi connectivity index (χ3v) is 4.62. The third-order valence-electron chi connectivity index (χ3n) is 4.62. The number of hydrogen-bond donors (Lipinski definition) is 1. The molecular formula is C20H23N3O. The van der Waals surface area contributed by atoms with Gasteiger partial charge in [0.05, 0.1) is 0 Å². The number of nitrogens with one attached hydrogen (secondary N) is 1. The number of carbonyl (C=O) groups is 1. The van der Waals surface area contributed by atoms with Crippen molar-refractivity contribution in [3.8, 4) is 11.8 Å². The number of anilines is 1. The smallest absolute Gasteiger partial charge is 0.276 e. The van der Waals surface area contributed by atoms with Gasteiger partial charge in [-0.25, -0.2) is 0 Å². The van der Waals surface area contributed by atoms with Crippen LogP contribution in [-0.4, -0.2) is 23.2 Å². The molecule has 0 unspecified atom stereocenters. The summed E-state index contributed by atoms with van der Waals surface area (Å²) in [6.45, 7) is 2.01. The van der Waals surface area contributed by atoms with Crippen LogP contribution in [0.15, 0.2) is 30.5 Å². The number of hydrogen-bond acceptors (Lipinski definition) is 2. The molecule has 1 heterocycles. The van der Waals surface area contributed by atoms with Gasteiger partial charge in [0.1, 0.15) is 5.69 Å². The maximum atomic E-state index is 12.4. The molecule has 1 amide bonds. The summed E-state index contributed by atoms with van der Waals surface area (Å²) in [4.78, 5) is 14.0. The Kier molecular flexibility index (Phi) is 5.00. The standard InChI is InChI=1S/C20H23N3O/c1-15-14-17(9-8-16-6-4-3-5-7-16)10-11-19(15)23(2)20(24)18-12-13-21-22-18/h10-14,16H,3-7H2,1-2H3,(H,21,22). The van der Waals surface area contributed by atoms with Gasteiger partial charge in [0, 0.05) is 30.4 Å². The summed E-state index contributed by atoms with van der Waals surface area (Å²) in [5, 5.41) is 6.55. The number of H-pyrrole nitrogens is 1. The Morgan fingerprint density at radius 1 is 1.25 bits per heavy atom. The number of aromatic nitrogens is 2. The van der Waals surface area contributed by atoms with Crippen molar-refractivity contribution in [3.63, 3.8) is 0 Å². The van der Waals surface area contributed by atoms with E-state index in [4.69, 9.17) is 0 Å². The first-order chi connectivity index (χ1) is 11.6. The summed E-state index contributed by atoms with van der Waals surface area (Å²) < 4.78 is 0. The van der Waals surface area contributed by atoms with Crippen LogP contribution in [0, 0.1) is 24.7 Å². The Bertz CT molecular complexity index is 762. The first kappa shape index (κ1) is 16.3. The van der Waals surface area contributed by atoms with Gasteiger partial charge in [-0.3, -0.25) is 9.89 Å². The number of benzene rings is 1. The first-order valence-corrected chi connectivity index (χ1v) is 8.55. The van der Waals surface area contributed by atoms with Crippen LogP contribution in [0.2, 0.25) is 0 Å². The monoisotopic (exact) mass is 321 g/mol. The Morgan fingerprint density at radius 3 is 2.71 bits per heavy atom. The summed E-state index contributed by atoms with van der Waals surface area (Å²) in [5.74, 6) is 7.17. The molecule has 4 nitrogen and oxygen atoms in total. The highest BCUT2D eigenvalue weighted by Gasteiger charge is 2.16. The molecule has 2 aromatic rings. The van der Waals surface area contributed by atoms with Crippen molar-refractivity contribution in [2.75, 3.05) is 11.9 Å². The molecule has 0 saturated heterocycles. The fraction of sp³-hybridized carbons (Fsp3) is 0.400. The van der Waals surface area contributed by atoms with Crippen molar-refractivity contribution >= 4 is 11.6 Å². The molecule has 1 aliphatic carbocycles. The van der Waals surface area contributed by atoms with Crippen LogP contribution in [0.4, 0.5) is 5.69 Å². The lowest BCUT2D eigenvalue weighted by atomic mass is 9.89. The molecule has 1 saturated carbocycles. The summed E-state index contributed by atoms with van der Waals surface area (Å²) in [7, 11) is 1.78. The van der Waals surface area contributed by atoms with E-state index in [-0.39, 0.29) is 5.91 Å². The van der Waals surface area contributed by atoms with E-state index in [1.54, 1.807) is 24.2 Å². The van der Waals surface area contributed by atoms with Crippen molar-refractivity contribution in [1.82, 2.24) is 10.2 Å². The quantitative estimate of drug-likeness (QED) is 0.852. The van der Waals surface area contributed by atoms with E-state index in [2.05, 4.69) is 28.1 Å². The van der Waals surface area contributed by atoms with Gasteiger partial charge in [-0.2, -0.15) is 5.10 Å². The van der Waals surface area contributed by atoms with Gasteiger partial charge < -0.3 is 4.90 Å². The molecular weight excluding hydrogens is 298 g/mol. The van der Waals surface area contributed by atoms with Crippen molar-refractivity contribution in [1.29, 1.82) is 0 Å². The molecule has 0 spiro atoms. The molecule has 1 aromatic heterocycles. The maximum Gasteiger partial charge on any atom is 0.276 e. The first-order valence-electron chi connectivity index (χ1n) is 8.55. The highest BCUT2D eigenvalue weighted by atomic mass is 16.2. The van der Waals surface area contributed by atoms with Gasteiger partial charge in [0.25, 0.3) is 5.91 Å². The van der Waals surface area contributed by atoms with Crippen LogP contribution < -0.4 is 4.90 Å². The minimum absolute atomic E-state index is 0.100. The second-order valence-electron chi connectivity index (χ2n) is 6.44. The predicted molar refractivity (Wildman–Crippen MR) is 96.0 cm³/mol. The molecule has 0 bridgehead atoms. The number of nitrogens with zero attached hydrogens (tertiary/aromatic N) is 2. The molecule has 124 valence electrons. The van der Waals surface area contributed by atoms with E-state index in [9.17, 15) is 4.79 Å². The van der Waals surface area contributed by atoms with Gasteiger partial charge >= 0.3 is 0 Å². The Labute approximate surface area is 143 Å². The molecule has 3 rings (SSSR count). The van der Waals surface area contributed by atoms with Crippen molar-refractivity contribution in [2.24, 2.45) is 5.92 Å². The molecule has 1 aliphatic rings. The fourth-order valence-electron chi connectivity index (χ4n) is 3.21. The number of aromatic amines is 1. The Hall–Kier alpha value is -2.54. The van der Waals surface area contributed by atoms with Crippen LogP contribution >= 0.6 is 0 Å². The minimum Gasteiger partial charge on any atom is -0.310 e. The summed E-state index contributed by atoms with van der Waals surface area (Å²) in [6, 6.07) is 7.70. The Balaban J connectivity index is 1.75. The molecule has 4 heteroatoms. The zero-order valence-corrected chi connectivity index (χ0v) is 14.3. The molecule has 1 fully saturated rings. The SMILES string of the molecule is Cc1cc(C#CC2CCCCC2)ccc1N(C)C(=O)c1ccn[nH]1. The molecule has 1 aromatic carbocycles. The molecule has 24 heavy (non-hydrogen) atoms. The molecule has 0 atom stereocenters. The molecule has 0 aliphatic heterocycles. The molecule has 1 N–H and O–H groups in total. The zero-order chi connectivity index (χ0) is 16.9. The average Bonchev–Trinajstić information content (AvgIpc) is 3.14. The van der Waals surface area contributed by atoms with Crippen LogP contribution in [0.25, 0.3) is 0 Å². The Morgan fingerprint density at radius 2 is 2.04 bits per heavy atom. The van der Waals surface area contributed by atoms with Crippen molar-refractivity contribution in [2.45, 2.75) is 39.0 Å². The number of carbonyl (C=O) groups excluding carboxylic acids is 1. The summed E-state index contributed by atoms with van der Waals surface area (Å²) >= 11 is 0. The van der Waals surface area contributed by atoms with Crippen LogP contribution in [0.1, 0.15) is 53.7 Å². The maximum absolute atomic E-state index is 12.4. The van der Waals surface area contributed by atoms with Gasteiger partial charge in [-0.15, -0.1) is 0 Å². The van der Waals surface area contributed by atoms with Crippen molar-refractivity contribution < 1.29 is 4.79 Å². The topological polar surface area (TPSA) is 49.0 Å². The largest absolute Gasteiger partial charge is 0.310 e. The van der Waals surface area contributed by atoms with E-state index in [1.165, 1.54) is 32.1 Å². The number of aryl methyl sites for hydroxylation is 1. The third kappa shape index (κ3) is 3.68. The lowest BCUT2D eigenvalue weighted by molar-refractivity contribution is 0.0988. The number of rotatable bonds is 2. The summed E-state index contributed by atoms with van der Waals surface area (Å²) in [5.41, 5.74) is 3.43. The van der Waals surface area contributed by atoms with E-state index in [0.29, 0.717) is 11.6 Å². The highest BCUT2D eigenvalue weighted by Crippen LogP contribution is 2.24. The van der Waals surface area contributed by atoms with E-state index in [0.717, 1.165) is 16.8 Å². The van der Waals surface area contributed by atoms with Gasteiger partial charge in [0.15, 0.2) is 0 Å². The highest BCUT2D eigenvalue weighted by molar-refractivity contribution is 6.04. The number of amides is 1. The summed E-state index contributed by atoms with van der Waals surface area (Å²) in [6.07, 6.45) is 7.99. The fourth-order valence-corrected chi connectivity index (χ4v) is 3.21. The average molecular weight is 321 g/mol. The van der Waals surface area contributed by atoms with Gasteiger partial charge in [-0.1, -0.05) is 31.1 Å². The normalized spacial score (nSPS) is 14.8. The zero-order valence-electron chi connectivity index (χ0n) is 14.3. The lowest BCUT2D eigenvalue weighted by Gasteiger charge is -2.19. The van der Waals surface area contributed by atoms with Crippen LogP contribution in [-0.2, 0) is 0 Å². The van der Waals surface area contributed by atoms with Crippen molar-refractivity contribution in [3.05, 3.63) is 47.3 Å². The molecule has 0 radical (unpaired) electrons. The second kappa shape index (κ2) is 7.35. The van der Waals surface area contributed by atoms with E-state index >= 15 is 0 Å². The van der Waals surface area contributed by atoms with Crippen LogP contribution in [0.5, 0.6) is 0 Å². The lowest BCUT2D eigenvalue weighted by Crippen LogP contribution is -2.27. The second-order valence-corrected chi connectivity index (χ2v) is 6.44. The van der Waals surface area contributed by atoms with Gasteiger partial charge in [0.2, 0.25) is 0 Å². The van der Waals surface area contributed by atoms with E-state index in [1.807, 2.05) is 19.1 Å². The predicted octanol–water partition coefficient (Wildman–Crippen LogP) is 3.93. The van der Waals surface area contributed by atoms with Crippen LogP contribution in [0.3, 0.4) is 0 Å². The van der Waals surface area contributed by atoms with E-state index < -0.39 is 0 Å². The minimum atomic E-state index is -0.100.